The second kappa shape index (κ2) is 2.46. The highest BCUT2D eigenvalue weighted by atomic mass is 14.8. The van der Waals surface area contributed by atoms with Gasteiger partial charge in [-0.05, 0) is 73.5 Å². The molecule has 0 bridgehead atoms. The summed E-state index contributed by atoms with van der Waals surface area (Å²) in [6.07, 6.45) is 15.8. The van der Waals surface area contributed by atoms with Crippen molar-refractivity contribution in [1.82, 2.24) is 0 Å². The normalized spacial score (nSPS) is 47.4. The highest BCUT2D eigenvalue weighted by Gasteiger charge is 2.79. The van der Waals surface area contributed by atoms with Gasteiger partial charge in [0.1, 0.15) is 0 Å². The lowest BCUT2D eigenvalue weighted by Crippen LogP contribution is -2.50. The molecular formula is C15H24. The Morgan fingerprint density at radius 3 is 1.93 bits per heavy atom. The van der Waals surface area contributed by atoms with E-state index in [-0.39, 0.29) is 0 Å². The molecule has 4 aliphatic carbocycles. The molecule has 4 rings (SSSR count). The molecule has 4 fully saturated rings. The standard InChI is InChI=1S/C15H24/c1-2-3-12-4-5-13(6-7-13)15(12)11-10-14(15)8-9-14/h12H,2-11H2,1H3. The molecule has 0 aromatic heterocycles. The third-order valence-electron chi connectivity index (χ3n) is 6.90. The van der Waals surface area contributed by atoms with Crippen molar-refractivity contribution in [3.8, 4) is 0 Å². The fourth-order valence-electron chi connectivity index (χ4n) is 6.00. The molecule has 0 N–H and O–H groups in total. The first-order chi connectivity index (χ1) is 7.29. The van der Waals surface area contributed by atoms with Gasteiger partial charge in [-0.3, -0.25) is 0 Å². The van der Waals surface area contributed by atoms with Gasteiger partial charge in [-0.1, -0.05) is 19.8 Å². The maximum absolute atomic E-state index is 2.39. The van der Waals surface area contributed by atoms with E-state index in [2.05, 4.69) is 6.92 Å². The summed E-state index contributed by atoms with van der Waals surface area (Å²) in [5.74, 6) is 1.14. The molecule has 0 saturated heterocycles. The Morgan fingerprint density at radius 2 is 1.47 bits per heavy atom. The van der Waals surface area contributed by atoms with E-state index in [9.17, 15) is 0 Å². The maximum atomic E-state index is 2.39. The molecule has 0 amide bonds. The third kappa shape index (κ3) is 0.806. The van der Waals surface area contributed by atoms with Crippen molar-refractivity contribution in [3.05, 3.63) is 0 Å². The van der Waals surface area contributed by atoms with Crippen molar-refractivity contribution in [1.29, 1.82) is 0 Å². The van der Waals surface area contributed by atoms with Crippen molar-refractivity contribution < 1.29 is 0 Å². The van der Waals surface area contributed by atoms with Gasteiger partial charge in [0.05, 0.1) is 0 Å². The first kappa shape index (κ1) is 9.07. The fourth-order valence-corrected chi connectivity index (χ4v) is 6.00. The number of fused-ring (bicyclic) bond motifs is 2. The monoisotopic (exact) mass is 204 g/mol. The van der Waals surface area contributed by atoms with E-state index in [1.165, 1.54) is 6.42 Å². The fraction of sp³-hybridized carbons (Fsp3) is 1.00. The molecule has 0 nitrogen and oxygen atoms in total. The van der Waals surface area contributed by atoms with E-state index >= 15 is 0 Å². The molecule has 0 aromatic carbocycles. The van der Waals surface area contributed by atoms with Crippen molar-refractivity contribution in [2.24, 2.45) is 22.2 Å². The molecule has 0 radical (unpaired) electrons. The smallest absolute Gasteiger partial charge is 0.0156 e. The quantitative estimate of drug-likeness (QED) is 0.619. The Bertz CT molecular complexity index is 295. The molecule has 2 atom stereocenters. The number of hydrogen-bond acceptors (Lipinski definition) is 0. The predicted octanol–water partition coefficient (Wildman–Crippen LogP) is 4.54. The lowest BCUT2D eigenvalue weighted by Gasteiger charge is -2.57. The van der Waals surface area contributed by atoms with Crippen LogP contribution in [0, 0.1) is 22.2 Å². The van der Waals surface area contributed by atoms with Gasteiger partial charge in [0.25, 0.3) is 0 Å². The van der Waals surface area contributed by atoms with Gasteiger partial charge in [-0.25, -0.2) is 0 Å². The van der Waals surface area contributed by atoms with Crippen LogP contribution >= 0.6 is 0 Å². The van der Waals surface area contributed by atoms with Crippen LogP contribution in [0.3, 0.4) is 0 Å². The Morgan fingerprint density at radius 1 is 0.867 bits per heavy atom. The average Bonchev–Trinajstić information content (AvgIpc) is 3.06. The van der Waals surface area contributed by atoms with Crippen LogP contribution < -0.4 is 0 Å². The minimum atomic E-state index is 0.899. The first-order valence-corrected chi connectivity index (χ1v) is 7.29. The van der Waals surface area contributed by atoms with Gasteiger partial charge in [0, 0.05) is 0 Å². The Kier molecular flexibility index (Phi) is 1.49. The summed E-state index contributed by atoms with van der Waals surface area (Å²) >= 11 is 0. The molecule has 3 spiro atoms. The number of hydrogen-bond donors (Lipinski definition) is 0. The Hall–Kier alpha value is 0. The lowest BCUT2D eigenvalue weighted by molar-refractivity contribution is -0.0875. The lowest BCUT2D eigenvalue weighted by atomic mass is 9.47. The van der Waals surface area contributed by atoms with E-state index in [1.54, 1.807) is 57.8 Å². The third-order valence-corrected chi connectivity index (χ3v) is 6.90. The summed E-state index contributed by atoms with van der Waals surface area (Å²) < 4.78 is 0. The van der Waals surface area contributed by atoms with E-state index in [4.69, 9.17) is 0 Å². The molecular weight excluding hydrogens is 180 g/mol. The second-order valence-electron chi connectivity index (χ2n) is 7.06. The van der Waals surface area contributed by atoms with Gasteiger partial charge in [-0.15, -0.1) is 0 Å². The van der Waals surface area contributed by atoms with E-state index < -0.39 is 0 Å². The molecule has 4 saturated carbocycles. The molecule has 0 aliphatic heterocycles. The zero-order valence-electron chi connectivity index (χ0n) is 10.1. The Balaban J connectivity index is 1.72. The van der Waals surface area contributed by atoms with Gasteiger partial charge in [0.2, 0.25) is 0 Å². The minimum Gasteiger partial charge on any atom is -0.0654 e. The Labute approximate surface area is 93.8 Å². The van der Waals surface area contributed by atoms with Crippen LogP contribution in [0.4, 0.5) is 0 Å². The average molecular weight is 204 g/mol. The topological polar surface area (TPSA) is 0 Å². The molecule has 84 valence electrons. The van der Waals surface area contributed by atoms with Crippen molar-refractivity contribution in [2.75, 3.05) is 0 Å². The van der Waals surface area contributed by atoms with Gasteiger partial charge in [-0.2, -0.15) is 0 Å². The van der Waals surface area contributed by atoms with Gasteiger partial charge in [0.15, 0.2) is 0 Å². The zero-order valence-corrected chi connectivity index (χ0v) is 10.1. The molecule has 0 heterocycles. The molecule has 0 aromatic rings. The zero-order chi connectivity index (χ0) is 10.1. The summed E-state index contributed by atoms with van der Waals surface area (Å²) in [6, 6.07) is 0. The molecule has 15 heavy (non-hydrogen) atoms. The molecule has 0 heteroatoms. The summed E-state index contributed by atoms with van der Waals surface area (Å²) in [5, 5.41) is 0. The predicted molar refractivity (Wildman–Crippen MR) is 62.6 cm³/mol. The summed E-state index contributed by atoms with van der Waals surface area (Å²) in [5.41, 5.74) is 2.72. The van der Waals surface area contributed by atoms with Crippen LogP contribution in [0.15, 0.2) is 0 Å². The summed E-state index contributed by atoms with van der Waals surface area (Å²) in [4.78, 5) is 0. The van der Waals surface area contributed by atoms with E-state index in [1.807, 2.05) is 0 Å². The molecule has 2 unspecified atom stereocenters. The highest BCUT2D eigenvalue weighted by molar-refractivity contribution is 5.28. The van der Waals surface area contributed by atoms with Crippen molar-refractivity contribution in [2.45, 2.75) is 71.1 Å². The SMILES string of the molecule is CCCC1CCC2(CC2)C12CCC21CC1. The van der Waals surface area contributed by atoms with Crippen LogP contribution in [0.5, 0.6) is 0 Å². The maximum Gasteiger partial charge on any atom is -0.0156 e. The largest absolute Gasteiger partial charge is 0.0654 e. The molecule has 4 aliphatic rings. The number of rotatable bonds is 2. The van der Waals surface area contributed by atoms with Crippen LogP contribution in [0.25, 0.3) is 0 Å². The van der Waals surface area contributed by atoms with Crippen LogP contribution in [0.1, 0.15) is 71.1 Å². The van der Waals surface area contributed by atoms with Crippen LogP contribution in [-0.4, -0.2) is 0 Å². The van der Waals surface area contributed by atoms with Crippen LogP contribution in [-0.2, 0) is 0 Å². The van der Waals surface area contributed by atoms with E-state index in [0.29, 0.717) is 0 Å². The minimum absolute atomic E-state index is 0.899. The highest BCUT2D eigenvalue weighted by Crippen LogP contribution is 2.88. The second-order valence-corrected chi connectivity index (χ2v) is 7.06. The van der Waals surface area contributed by atoms with Crippen LogP contribution in [0.2, 0.25) is 0 Å². The summed E-state index contributed by atoms with van der Waals surface area (Å²) in [7, 11) is 0. The van der Waals surface area contributed by atoms with E-state index in [0.717, 1.165) is 22.2 Å². The first-order valence-electron chi connectivity index (χ1n) is 7.29. The van der Waals surface area contributed by atoms with Crippen molar-refractivity contribution in [3.63, 3.8) is 0 Å². The van der Waals surface area contributed by atoms with Crippen molar-refractivity contribution >= 4 is 0 Å². The van der Waals surface area contributed by atoms with Gasteiger partial charge >= 0.3 is 0 Å². The summed E-state index contributed by atoms with van der Waals surface area (Å²) in [6.45, 7) is 2.39. The van der Waals surface area contributed by atoms with Gasteiger partial charge < -0.3 is 0 Å².